The zero-order chi connectivity index (χ0) is 20.4. The average molecular weight is 420 g/mol. The fourth-order valence-electron chi connectivity index (χ4n) is 3.50. The van der Waals surface area contributed by atoms with Crippen LogP contribution in [-0.2, 0) is 14.8 Å². The average Bonchev–Trinajstić information content (AvgIpc) is 2.74. The summed E-state index contributed by atoms with van der Waals surface area (Å²) in [5.74, 6) is -0.0335. The van der Waals surface area contributed by atoms with Crippen LogP contribution in [0.15, 0.2) is 47.4 Å². The van der Waals surface area contributed by atoms with E-state index in [0.717, 1.165) is 12.1 Å². The standard InChI is InChI=1S/C20H21FN2O5S/c21-15-3-6-17(7-4-15)29(25,26)23-9-1-2-14(13-23)20(24)22-16-5-8-18-19(12-16)28-11-10-27-18/h3-8,12,14H,1-2,9-11,13H2,(H,22,24)/t14-/m0/s1. The summed E-state index contributed by atoms with van der Waals surface area (Å²) in [4.78, 5) is 12.8. The van der Waals surface area contributed by atoms with E-state index in [1.54, 1.807) is 18.2 Å². The number of nitrogens with one attached hydrogen (secondary N) is 1. The van der Waals surface area contributed by atoms with Gasteiger partial charge in [-0.1, -0.05) is 0 Å². The van der Waals surface area contributed by atoms with E-state index < -0.39 is 21.8 Å². The van der Waals surface area contributed by atoms with Gasteiger partial charge in [0.2, 0.25) is 15.9 Å². The van der Waals surface area contributed by atoms with Crippen molar-refractivity contribution >= 4 is 21.6 Å². The van der Waals surface area contributed by atoms with E-state index in [2.05, 4.69) is 5.32 Å². The van der Waals surface area contributed by atoms with E-state index in [0.29, 0.717) is 49.8 Å². The first-order chi connectivity index (χ1) is 13.9. The molecule has 1 saturated heterocycles. The van der Waals surface area contributed by atoms with Gasteiger partial charge in [-0.15, -0.1) is 0 Å². The molecular formula is C20H21FN2O5S. The van der Waals surface area contributed by atoms with Crippen LogP contribution in [0.3, 0.4) is 0 Å². The van der Waals surface area contributed by atoms with Crippen LogP contribution in [0.1, 0.15) is 12.8 Å². The quantitative estimate of drug-likeness (QED) is 0.822. The summed E-state index contributed by atoms with van der Waals surface area (Å²) in [5.41, 5.74) is 0.567. The van der Waals surface area contributed by atoms with E-state index in [9.17, 15) is 17.6 Å². The third-order valence-electron chi connectivity index (χ3n) is 5.02. The minimum Gasteiger partial charge on any atom is -0.486 e. The molecule has 9 heteroatoms. The van der Waals surface area contributed by atoms with Gasteiger partial charge in [0.1, 0.15) is 19.0 Å². The lowest BCUT2D eigenvalue weighted by Crippen LogP contribution is -2.43. The predicted molar refractivity (Wildman–Crippen MR) is 104 cm³/mol. The Hall–Kier alpha value is -2.65. The smallest absolute Gasteiger partial charge is 0.243 e. The maximum atomic E-state index is 13.1. The highest BCUT2D eigenvalue weighted by Gasteiger charge is 2.33. The Balaban J connectivity index is 1.45. The monoisotopic (exact) mass is 420 g/mol. The Morgan fingerprint density at radius 1 is 1.07 bits per heavy atom. The van der Waals surface area contributed by atoms with Crippen molar-refractivity contribution in [2.24, 2.45) is 5.92 Å². The van der Waals surface area contributed by atoms with Gasteiger partial charge in [-0.2, -0.15) is 4.31 Å². The molecular weight excluding hydrogens is 399 g/mol. The second-order valence-electron chi connectivity index (χ2n) is 7.00. The number of fused-ring (bicyclic) bond motifs is 1. The maximum absolute atomic E-state index is 13.1. The Kier molecular flexibility index (Phi) is 5.42. The van der Waals surface area contributed by atoms with Gasteiger partial charge in [0.15, 0.2) is 11.5 Å². The number of rotatable bonds is 4. The van der Waals surface area contributed by atoms with Crippen molar-refractivity contribution in [1.29, 1.82) is 0 Å². The van der Waals surface area contributed by atoms with Crippen LogP contribution in [0.5, 0.6) is 11.5 Å². The van der Waals surface area contributed by atoms with Crippen molar-refractivity contribution in [3.05, 3.63) is 48.3 Å². The normalized spacial score (nSPS) is 19.6. The lowest BCUT2D eigenvalue weighted by molar-refractivity contribution is -0.120. The lowest BCUT2D eigenvalue weighted by Gasteiger charge is -2.31. The van der Waals surface area contributed by atoms with Crippen LogP contribution in [0.25, 0.3) is 0 Å². The molecule has 1 amide bonds. The highest BCUT2D eigenvalue weighted by Crippen LogP contribution is 2.33. The Morgan fingerprint density at radius 2 is 1.79 bits per heavy atom. The molecule has 2 aliphatic heterocycles. The van der Waals surface area contributed by atoms with Gasteiger partial charge < -0.3 is 14.8 Å². The third-order valence-corrected chi connectivity index (χ3v) is 6.90. The topological polar surface area (TPSA) is 84.9 Å². The molecule has 2 aliphatic rings. The van der Waals surface area contributed by atoms with Gasteiger partial charge in [-0.25, -0.2) is 12.8 Å². The summed E-state index contributed by atoms with van der Waals surface area (Å²) >= 11 is 0. The highest BCUT2D eigenvalue weighted by molar-refractivity contribution is 7.89. The number of carbonyl (C=O) groups is 1. The second kappa shape index (κ2) is 8.00. The maximum Gasteiger partial charge on any atom is 0.243 e. The molecule has 2 aromatic rings. The van der Waals surface area contributed by atoms with Gasteiger partial charge in [0, 0.05) is 24.8 Å². The molecule has 1 atom stereocenters. The molecule has 0 aromatic heterocycles. The third kappa shape index (κ3) is 4.20. The zero-order valence-electron chi connectivity index (χ0n) is 15.6. The Morgan fingerprint density at radius 3 is 2.55 bits per heavy atom. The van der Waals surface area contributed by atoms with Gasteiger partial charge in [-0.05, 0) is 49.2 Å². The van der Waals surface area contributed by atoms with Crippen LogP contribution in [0.2, 0.25) is 0 Å². The van der Waals surface area contributed by atoms with E-state index in [-0.39, 0.29) is 17.3 Å². The van der Waals surface area contributed by atoms with E-state index >= 15 is 0 Å². The molecule has 1 fully saturated rings. The van der Waals surface area contributed by atoms with E-state index in [4.69, 9.17) is 9.47 Å². The summed E-state index contributed by atoms with van der Waals surface area (Å²) in [6, 6.07) is 9.86. The fraction of sp³-hybridized carbons (Fsp3) is 0.350. The first-order valence-electron chi connectivity index (χ1n) is 9.40. The number of amides is 1. The molecule has 0 saturated carbocycles. The number of hydrogen-bond acceptors (Lipinski definition) is 5. The molecule has 2 heterocycles. The molecule has 0 radical (unpaired) electrons. The van der Waals surface area contributed by atoms with Gasteiger partial charge in [-0.3, -0.25) is 4.79 Å². The molecule has 7 nitrogen and oxygen atoms in total. The Labute approximate surface area is 168 Å². The number of halogens is 1. The summed E-state index contributed by atoms with van der Waals surface area (Å²) in [7, 11) is -3.78. The van der Waals surface area contributed by atoms with Crippen molar-refractivity contribution in [3.8, 4) is 11.5 Å². The second-order valence-corrected chi connectivity index (χ2v) is 8.94. The van der Waals surface area contributed by atoms with Crippen molar-refractivity contribution in [3.63, 3.8) is 0 Å². The summed E-state index contributed by atoms with van der Waals surface area (Å²) in [5, 5.41) is 2.84. The number of ether oxygens (including phenoxy) is 2. The molecule has 0 unspecified atom stereocenters. The van der Waals surface area contributed by atoms with Crippen molar-refractivity contribution < 1.29 is 27.1 Å². The highest BCUT2D eigenvalue weighted by atomic mass is 32.2. The Bertz CT molecular complexity index is 1010. The minimum atomic E-state index is -3.78. The van der Waals surface area contributed by atoms with Crippen molar-refractivity contribution in [1.82, 2.24) is 4.31 Å². The van der Waals surface area contributed by atoms with Gasteiger partial charge in [0.25, 0.3) is 0 Å². The van der Waals surface area contributed by atoms with Crippen molar-refractivity contribution in [2.45, 2.75) is 17.7 Å². The summed E-state index contributed by atoms with van der Waals surface area (Å²) in [6.07, 6.45) is 1.16. The van der Waals surface area contributed by atoms with Crippen LogP contribution >= 0.6 is 0 Å². The number of carbonyl (C=O) groups excluding carboxylic acids is 1. The van der Waals surface area contributed by atoms with Crippen LogP contribution in [0.4, 0.5) is 10.1 Å². The first-order valence-corrected chi connectivity index (χ1v) is 10.8. The summed E-state index contributed by atoms with van der Waals surface area (Å²) < 4.78 is 51.0. The number of nitrogens with zero attached hydrogens (tertiary/aromatic N) is 1. The van der Waals surface area contributed by atoms with Crippen LogP contribution in [0, 0.1) is 11.7 Å². The fourth-order valence-corrected chi connectivity index (χ4v) is 5.02. The number of benzene rings is 2. The number of hydrogen-bond donors (Lipinski definition) is 1. The molecule has 4 rings (SSSR count). The van der Waals surface area contributed by atoms with Crippen molar-refractivity contribution in [2.75, 3.05) is 31.6 Å². The molecule has 1 N–H and O–H groups in total. The number of anilines is 1. The van der Waals surface area contributed by atoms with E-state index in [1.165, 1.54) is 16.4 Å². The molecule has 0 bridgehead atoms. The predicted octanol–water partition coefficient (Wildman–Crippen LogP) is 2.64. The van der Waals surface area contributed by atoms with E-state index in [1.807, 2.05) is 0 Å². The molecule has 154 valence electrons. The zero-order valence-corrected chi connectivity index (χ0v) is 16.5. The largest absolute Gasteiger partial charge is 0.486 e. The van der Waals surface area contributed by atoms with Crippen LogP contribution in [-0.4, -0.2) is 44.9 Å². The molecule has 0 spiro atoms. The van der Waals surface area contributed by atoms with Gasteiger partial charge in [0.05, 0.1) is 10.8 Å². The SMILES string of the molecule is O=C(Nc1ccc2c(c1)OCCO2)[C@H]1CCCN(S(=O)(=O)c2ccc(F)cc2)C1. The minimum absolute atomic E-state index is 0.0202. The molecule has 0 aliphatic carbocycles. The number of sulfonamides is 1. The molecule has 2 aromatic carbocycles. The van der Waals surface area contributed by atoms with Crippen LogP contribution < -0.4 is 14.8 Å². The van der Waals surface area contributed by atoms with Gasteiger partial charge >= 0.3 is 0 Å². The lowest BCUT2D eigenvalue weighted by atomic mass is 9.98. The molecule has 29 heavy (non-hydrogen) atoms. The summed E-state index contributed by atoms with van der Waals surface area (Å²) in [6.45, 7) is 1.34. The number of piperidine rings is 1. The first kappa shape index (κ1) is 19.7.